The standard InChI is InChI=1S/C4H3N2O3PS/c7-10-11(8,9)4-5-2-1-3-6-4/h1-3H. The van der Waals surface area contributed by atoms with Gasteiger partial charge in [0.05, 0.1) is 0 Å². The Morgan fingerprint density at radius 3 is 2.27 bits per heavy atom. The van der Waals surface area contributed by atoms with Gasteiger partial charge in [-0.25, -0.2) is 18.4 Å². The molecule has 1 aromatic rings. The highest BCUT2D eigenvalue weighted by Crippen LogP contribution is 2.14. The fourth-order valence-electron chi connectivity index (χ4n) is 0.452. The third-order valence-corrected chi connectivity index (χ3v) is 2.82. The summed E-state index contributed by atoms with van der Waals surface area (Å²) in [5.74, 6) is 0. The van der Waals surface area contributed by atoms with Gasteiger partial charge in [-0.15, -0.1) is 0 Å². The van der Waals surface area contributed by atoms with Crippen molar-refractivity contribution < 1.29 is 13.0 Å². The van der Waals surface area contributed by atoms with Crippen LogP contribution in [0.5, 0.6) is 0 Å². The maximum Gasteiger partial charge on any atom is 0.299 e. The predicted octanol–water partition coefficient (Wildman–Crippen LogP) is 0.457. The summed E-state index contributed by atoms with van der Waals surface area (Å²) < 4.78 is 31.6. The summed E-state index contributed by atoms with van der Waals surface area (Å²) in [6.45, 7) is 0. The number of hydrogen-bond donors (Lipinski definition) is 0. The zero-order valence-electron chi connectivity index (χ0n) is 5.21. The van der Waals surface area contributed by atoms with E-state index in [1.165, 1.54) is 18.5 Å². The Morgan fingerprint density at radius 1 is 1.27 bits per heavy atom. The Labute approximate surface area is 64.4 Å². The first-order valence-corrected chi connectivity index (χ1v) is 5.43. The molecule has 0 saturated carbocycles. The van der Waals surface area contributed by atoms with Gasteiger partial charge in [-0.3, -0.25) is 4.57 Å². The molecule has 7 heteroatoms. The largest absolute Gasteiger partial charge is 0.299 e. The van der Waals surface area contributed by atoms with Crippen LogP contribution in [0.3, 0.4) is 0 Å². The van der Waals surface area contributed by atoms with Gasteiger partial charge in [-0.05, 0) is 6.07 Å². The van der Waals surface area contributed by atoms with Gasteiger partial charge in [0.15, 0.2) is 0 Å². The second-order valence-corrected chi connectivity index (χ2v) is 4.93. The second-order valence-electron chi connectivity index (χ2n) is 1.58. The van der Waals surface area contributed by atoms with E-state index in [2.05, 4.69) is 9.97 Å². The normalized spacial score (nSPS) is 11.6. The molecule has 0 amide bonds. The van der Waals surface area contributed by atoms with Crippen molar-refractivity contribution in [2.75, 3.05) is 0 Å². The van der Waals surface area contributed by atoms with Crippen molar-refractivity contribution in [3.8, 4) is 0 Å². The third-order valence-electron chi connectivity index (χ3n) is 0.871. The van der Waals surface area contributed by atoms with E-state index in [9.17, 15) is 13.0 Å². The third kappa shape index (κ3) is 1.78. The van der Waals surface area contributed by atoms with Crippen LogP contribution in [-0.4, -0.2) is 18.4 Å². The van der Waals surface area contributed by atoms with Crippen LogP contribution < -0.4 is 0 Å². The monoisotopic (exact) mass is 190 g/mol. The number of hydrogen-bond acceptors (Lipinski definition) is 5. The highest BCUT2D eigenvalue weighted by atomic mass is 32.7. The molecular weight excluding hydrogens is 187 g/mol. The minimum atomic E-state index is -3.80. The van der Waals surface area contributed by atoms with E-state index in [-0.39, 0.29) is 0 Å². The Kier molecular flexibility index (Phi) is 2.26. The van der Waals surface area contributed by atoms with Crippen LogP contribution in [0.25, 0.3) is 0 Å². The van der Waals surface area contributed by atoms with Gasteiger partial charge in [-0.1, -0.05) is 0 Å². The van der Waals surface area contributed by atoms with Crippen LogP contribution in [0.2, 0.25) is 0 Å². The van der Waals surface area contributed by atoms with Crippen LogP contribution in [0.4, 0.5) is 0 Å². The van der Waals surface area contributed by atoms with Crippen molar-refractivity contribution in [1.29, 1.82) is 0 Å². The van der Waals surface area contributed by atoms with Crippen molar-refractivity contribution in [3.63, 3.8) is 0 Å². The molecule has 0 aliphatic rings. The van der Waals surface area contributed by atoms with Gasteiger partial charge in [0.25, 0.3) is 22.3 Å². The summed E-state index contributed by atoms with van der Waals surface area (Å²) in [6.07, 6.45) is 2.54. The molecule has 1 aromatic heterocycles. The van der Waals surface area contributed by atoms with Gasteiger partial charge in [0.2, 0.25) is 0 Å². The molecule has 1 heterocycles. The Hall–Kier alpha value is -0.870. The van der Waals surface area contributed by atoms with Crippen LogP contribution in [-0.2, 0) is 14.0 Å². The summed E-state index contributed by atoms with van der Waals surface area (Å²) in [5, 5.41) is -0.420. The van der Waals surface area contributed by atoms with E-state index in [1.54, 1.807) is 0 Å². The highest BCUT2D eigenvalue weighted by Gasteiger charge is 2.16. The first-order valence-electron chi connectivity index (χ1n) is 2.53. The molecule has 5 nitrogen and oxygen atoms in total. The average molecular weight is 190 g/mol. The van der Waals surface area contributed by atoms with Crippen molar-refractivity contribution in [2.24, 2.45) is 0 Å². The minimum Gasteiger partial charge on any atom is -0.256 e. The molecule has 0 N–H and O–H groups in total. The topological polar surface area (TPSA) is 77.0 Å². The van der Waals surface area contributed by atoms with E-state index in [0.717, 1.165) is 0 Å². The smallest absolute Gasteiger partial charge is 0.256 e. The number of nitrogens with zero attached hydrogens (tertiary/aromatic N) is 2. The lowest BCUT2D eigenvalue weighted by Gasteiger charge is -1.89. The van der Waals surface area contributed by atoms with Gasteiger partial charge >= 0.3 is 0 Å². The molecule has 58 valence electrons. The lowest BCUT2D eigenvalue weighted by molar-refractivity contribution is 0.584. The fourth-order valence-corrected chi connectivity index (χ4v) is 1.39. The molecule has 0 aliphatic heterocycles. The van der Waals surface area contributed by atoms with Crippen LogP contribution in [0.15, 0.2) is 23.6 Å². The number of rotatable bonds is 2. The van der Waals surface area contributed by atoms with E-state index in [4.69, 9.17) is 0 Å². The Balaban J connectivity index is 3.24. The predicted molar refractivity (Wildman–Crippen MR) is 36.8 cm³/mol. The van der Waals surface area contributed by atoms with E-state index in [0.29, 0.717) is 0 Å². The first kappa shape index (κ1) is 8.23. The fraction of sp³-hybridized carbons (Fsp3) is 0. The first-order chi connectivity index (χ1) is 5.17. The minimum absolute atomic E-state index is 0.420. The molecule has 0 fully saturated rings. The lowest BCUT2D eigenvalue weighted by Crippen LogP contribution is -1.96. The molecule has 0 radical (unpaired) electrons. The molecule has 0 aromatic carbocycles. The van der Waals surface area contributed by atoms with Gasteiger partial charge < -0.3 is 0 Å². The van der Waals surface area contributed by atoms with Crippen LogP contribution in [0, 0.1) is 0 Å². The maximum atomic E-state index is 10.8. The molecule has 1 rings (SSSR count). The Bertz CT molecular complexity index is 349. The van der Waals surface area contributed by atoms with E-state index in [1.807, 2.05) is 0 Å². The maximum absolute atomic E-state index is 10.8. The van der Waals surface area contributed by atoms with Gasteiger partial charge in [-0.2, -0.15) is 0 Å². The van der Waals surface area contributed by atoms with E-state index < -0.39 is 22.3 Å². The quantitative estimate of drug-likeness (QED) is 0.500. The lowest BCUT2D eigenvalue weighted by atomic mass is 10.7. The molecule has 0 spiro atoms. The molecule has 0 saturated heterocycles. The summed E-state index contributed by atoms with van der Waals surface area (Å²) in [6, 6.07) is 1.47. The SMILES string of the molecule is O=PS(=O)(=O)c1ncccn1. The molecule has 0 aliphatic carbocycles. The molecule has 0 atom stereocenters. The number of aromatic nitrogens is 2. The summed E-state index contributed by atoms with van der Waals surface area (Å²) in [7, 11) is -4.79. The molecule has 0 unspecified atom stereocenters. The Morgan fingerprint density at radius 2 is 1.82 bits per heavy atom. The van der Waals surface area contributed by atoms with Gasteiger partial charge in [0.1, 0.15) is 0 Å². The van der Waals surface area contributed by atoms with Crippen LogP contribution >= 0.6 is 7.66 Å². The van der Waals surface area contributed by atoms with Crippen molar-refractivity contribution >= 4 is 17.1 Å². The second kappa shape index (κ2) is 3.02. The van der Waals surface area contributed by atoms with Crippen molar-refractivity contribution in [3.05, 3.63) is 18.5 Å². The highest BCUT2D eigenvalue weighted by molar-refractivity contribution is 8.39. The van der Waals surface area contributed by atoms with Crippen molar-refractivity contribution in [2.45, 2.75) is 5.16 Å². The van der Waals surface area contributed by atoms with E-state index >= 15 is 0 Å². The summed E-state index contributed by atoms with van der Waals surface area (Å²) >= 11 is 0. The summed E-state index contributed by atoms with van der Waals surface area (Å²) in [5.41, 5.74) is 0. The zero-order valence-corrected chi connectivity index (χ0v) is 6.92. The average Bonchev–Trinajstić information content (AvgIpc) is 2.06. The molecular formula is C4H3N2O3PS. The van der Waals surface area contributed by atoms with Crippen molar-refractivity contribution in [1.82, 2.24) is 9.97 Å². The zero-order chi connectivity index (χ0) is 8.32. The van der Waals surface area contributed by atoms with Crippen LogP contribution in [0.1, 0.15) is 0 Å². The van der Waals surface area contributed by atoms with Gasteiger partial charge in [0, 0.05) is 12.4 Å². The summed E-state index contributed by atoms with van der Waals surface area (Å²) in [4.78, 5) is 6.83. The molecule has 11 heavy (non-hydrogen) atoms. The molecule has 0 bridgehead atoms.